The van der Waals surface area contributed by atoms with Gasteiger partial charge in [0.15, 0.2) is 5.78 Å². The van der Waals surface area contributed by atoms with Gasteiger partial charge in [0.25, 0.3) is 0 Å². The molecule has 0 bridgehead atoms. The SMILES string of the molecule is COc1ccc(CC2(O)CCN(CCCC(=O)c3ccc(F)cc3)CC2)cc1.Cl. The number of aliphatic hydroxyl groups is 1. The second kappa shape index (κ2) is 10.7. The fourth-order valence-corrected chi connectivity index (χ4v) is 3.74. The lowest BCUT2D eigenvalue weighted by atomic mass is 9.85. The summed E-state index contributed by atoms with van der Waals surface area (Å²) in [5, 5.41) is 10.9. The Morgan fingerprint density at radius 3 is 2.31 bits per heavy atom. The number of hydrogen-bond acceptors (Lipinski definition) is 4. The average Bonchev–Trinajstić information content (AvgIpc) is 2.70. The number of likely N-dealkylation sites (tertiary alicyclic amines) is 1. The van der Waals surface area contributed by atoms with E-state index in [0.717, 1.165) is 50.2 Å². The van der Waals surface area contributed by atoms with Gasteiger partial charge in [0.2, 0.25) is 0 Å². The predicted molar refractivity (Wildman–Crippen MR) is 115 cm³/mol. The molecular weight excluding hydrogens is 393 g/mol. The van der Waals surface area contributed by atoms with Crippen LogP contribution in [0.1, 0.15) is 41.6 Å². The molecule has 6 heteroatoms. The summed E-state index contributed by atoms with van der Waals surface area (Å²) < 4.78 is 18.1. The molecule has 158 valence electrons. The normalized spacial score (nSPS) is 16.1. The summed E-state index contributed by atoms with van der Waals surface area (Å²) in [5.41, 5.74) is 1.00. The third-order valence-corrected chi connectivity index (χ3v) is 5.52. The summed E-state index contributed by atoms with van der Waals surface area (Å²) >= 11 is 0. The Kier molecular flexibility index (Phi) is 8.62. The van der Waals surface area contributed by atoms with Gasteiger partial charge in [-0.3, -0.25) is 4.79 Å². The van der Waals surface area contributed by atoms with Crippen molar-refractivity contribution in [3.05, 3.63) is 65.5 Å². The topological polar surface area (TPSA) is 49.8 Å². The Hall–Kier alpha value is -1.95. The Bertz CT molecular complexity index is 772. The van der Waals surface area contributed by atoms with Crippen molar-refractivity contribution >= 4 is 18.2 Å². The molecule has 2 aromatic rings. The van der Waals surface area contributed by atoms with Crippen molar-refractivity contribution in [3.8, 4) is 5.75 Å². The van der Waals surface area contributed by atoms with Crippen molar-refractivity contribution in [2.75, 3.05) is 26.7 Å². The zero-order valence-corrected chi connectivity index (χ0v) is 17.6. The second-order valence-electron chi connectivity index (χ2n) is 7.62. The molecule has 0 amide bonds. The van der Waals surface area contributed by atoms with Gasteiger partial charge in [-0.2, -0.15) is 0 Å². The Balaban J connectivity index is 0.00000300. The van der Waals surface area contributed by atoms with Crippen LogP contribution in [0.5, 0.6) is 5.75 Å². The molecule has 1 heterocycles. The molecule has 0 radical (unpaired) electrons. The number of piperidine rings is 1. The molecule has 0 spiro atoms. The molecule has 3 rings (SSSR count). The second-order valence-corrected chi connectivity index (χ2v) is 7.62. The highest BCUT2D eigenvalue weighted by molar-refractivity contribution is 5.95. The first kappa shape index (κ1) is 23.3. The number of nitrogens with zero attached hydrogens (tertiary/aromatic N) is 1. The monoisotopic (exact) mass is 421 g/mol. The lowest BCUT2D eigenvalue weighted by Gasteiger charge is -2.38. The molecule has 0 unspecified atom stereocenters. The van der Waals surface area contributed by atoms with Gasteiger partial charge in [0, 0.05) is 31.5 Å². The van der Waals surface area contributed by atoms with Crippen LogP contribution in [-0.2, 0) is 6.42 Å². The van der Waals surface area contributed by atoms with Crippen LogP contribution < -0.4 is 4.74 Å². The molecule has 1 aliphatic heterocycles. The zero-order valence-electron chi connectivity index (χ0n) is 16.8. The summed E-state index contributed by atoms with van der Waals surface area (Å²) in [7, 11) is 1.64. The average molecular weight is 422 g/mol. The molecule has 1 fully saturated rings. The van der Waals surface area contributed by atoms with E-state index < -0.39 is 5.60 Å². The summed E-state index contributed by atoms with van der Waals surface area (Å²) in [5.74, 6) is 0.542. The fraction of sp³-hybridized carbons (Fsp3) is 0.435. The van der Waals surface area contributed by atoms with Crippen molar-refractivity contribution in [2.45, 2.75) is 37.7 Å². The third kappa shape index (κ3) is 6.81. The van der Waals surface area contributed by atoms with E-state index >= 15 is 0 Å². The third-order valence-electron chi connectivity index (χ3n) is 5.52. The van der Waals surface area contributed by atoms with E-state index in [1.165, 1.54) is 24.3 Å². The van der Waals surface area contributed by atoms with E-state index in [1.807, 2.05) is 24.3 Å². The number of ketones is 1. The van der Waals surface area contributed by atoms with E-state index in [4.69, 9.17) is 4.74 Å². The number of benzene rings is 2. The van der Waals surface area contributed by atoms with Gasteiger partial charge in [-0.25, -0.2) is 4.39 Å². The minimum atomic E-state index is -0.672. The Morgan fingerprint density at radius 1 is 1.10 bits per heavy atom. The van der Waals surface area contributed by atoms with Gasteiger partial charge in [0.05, 0.1) is 12.7 Å². The molecule has 0 atom stereocenters. The number of rotatable bonds is 8. The zero-order chi connectivity index (χ0) is 20.0. The van der Waals surface area contributed by atoms with Gasteiger partial charge < -0.3 is 14.7 Å². The Labute approximate surface area is 178 Å². The molecule has 0 aliphatic carbocycles. The maximum atomic E-state index is 12.9. The number of Topliss-reactive ketones (excluding diaryl/α,β-unsaturated/α-hetero) is 1. The van der Waals surface area contributed by atoms with E-state index in [2.05, 4.69) is 4.90 Å². The smallest absolute Gasteiger partial charge is 0.162 e. The fourth-order valence-electron chi connectivity index (χ4n) is 3.74. The number of carbonyl (C=O) groups is 1. The highest BCUT2D eigenvalue weighted by Crippen LogP contribution is 2.27. The van der Waals surface area contributed by atoms with E-state index in [9.17, 15) is 14.3 Å². The van der Waals surface area contributed by atoms with Crippen molar-refractivity contribution < 1.29 is 19.0 Å². The van der Waals surface area contributed by atoms with Gasteiger partial charge in [0.1, 0.15) is 11.6 Å². The van der Waals surface area contributed by atoms with E-state index in [1.54, 1.807) is 7.11 Å². The minimum Gasteiger partial charge on any atom is -0.497 e. The summed E-state index contributed by atoms with van der Waals surface area (Å²) in [4.78, 5) is 14.5. The number of ether oxygens (including phenoxy) is 1. The molecule has 2 aromatic carbocycles. The summed E-state index contributed by atoms with van der Waals surface area (Å²) in [6.45, 7) is 2.50. The summed E-state index contributed by atoms with van der Waals surface area (Å²) in [6, 6.07) is 13.6. The largest absolute Gasteiger partial charge is 0.497 e. The quantitative estimate of drug-likeness (QED) is 0.646. The van der Waals surface area contributed by atoms with Crippen molar-refractivity contribution in [1.29, 1.82) is 0 Å². The highest BCUT2D eigenvalue weighted by Gasteiger charge is 2.32. The standard InChI is InChI=1S/C23H28FNO3.ClH/c1-28-21-10-4-18(5-11-21)17-23(27)12-15-25(16-13-23)14-2-3-22(26)19-6-8-20(24)9-7-19;/h4-11,27H,2-3,12-17H2,1H3;1H. The first-order valence-corrected chi connectivity index (χ1v) is 9.84. The van der Waals surface area contributed by atoms with Gasteiger partial charge >= 0.3 is 0 Å². The maximum Gasteiger partial charge on any atom is 0.162 e. The van der Waals surface area contributed by atoms with Crippen molar-refractivity contribution in [3.63, 3.8) is 0 Å². The molecule has 1 saturated heterocycles. The summed E-state index contributed by atoms with van der Waals surface area (Å²) in [6.07, 6.45) is 3.33. The lowest BCUT2D eigenvalue weighted by molar-refractivity contribution is -0.0207. The first-order valence-electron chi connectivity index (χ1n) is 9.84. The Morgan fingerprint density at radius 2 is 1.72 bits per heavy atom. The molecule has 0 saturated carbocycles. The lowest BCUT2D eigenvalue weighted by Crippen LogP contribution is -2.45. The van der Waals surface area contributed by atoms with Crippen LogP contribution in [0.15, 0.2) is 48.5 Å². The van der Waals surface area contributed by atoms with E-state index in [0.29, 0.717) is 18.4 Å². The minimum absolute atomic E-state index is 0. The van der Waals surface area contributed by atoms with Crippen molar-refractivity contribution in [1.82, 2.24) is 4.90 Å². The predicted octanol–water partition coefficient (Wildman–Crippen LogP) is 4.29. The number of methoxy groups -OCH3 is 1. The maximum absolute atomic E-state index is 12.9. The molecule has 29 heavy (non-hydrogen) atoms. The van der Waals surface area contributed by atoms with Crippen LogP contribution in [-0.4, -0.2) is 48.1 Å². The van der Waals surface area contributed by atoms with Crippen LogP contribution in [0.4, 0.5) is 4.39 Å². The molecule has 1 aliphatic rings. The number of halogens is 2. The van der Waals surface area contributed by atoms with Crippen LogP contribution in [0.2, 0.25) is 0 Å². The van der Waals surface area contributed by atoms with Gasteiger partial charge in [-0.15, -0.1) is 12.4 Å². The molecule has 1 N–H and O–H groups in total. The van der Waals surface area contributed by atoms with Crippen LogP contribution >= 0.6 is 12.4 Å². The first-order chi connectivity index (χ1) is 13.5. The van der Waals surface area contributed by atoms with Gasteiger partial charge in [-0.1, -0.05) is 12.1 Å². The number of hydrogen-bond donors (Lipinski definition) is 1. The number of carbonyl (C=O) groups excluding carboxylic acids is 1. The van der Waals surface area contributed by atoms with E-state index in [-0.39, 0.29) is 24.0 Å². The molecular formula is C23H29ClFNO3. The molecule has 4 nitrogen and oxygen atoms in total. The van der Waals surface area contributed by atoms with Crippen LogP contribution in [0.3, 0.4) is 0 Å². The van der Waals surface area contributed by atoms with Crippen LogP contribution in [0.25, 0.3) is 0 Å². The van der Waals surface area contributed by atoms with Crippen molar-refractivity contribution in [2.24, 2.45) is 0 Å². The highest BCUT2D eigenvalue weighted by atomic mass is 35.5. The van der Waals surface area contributed by atoms with Gasteiger partial charge in [-0.05, 0) is 67.8 Å². The van der Waals surface area contributed by atoms with Crippen LogP contribution in [0, 0.1) is 5.82 Å². The molecule has 0 aromatic heterocycles.